The molecule has 1 nitrogen and oxygen atoms in total. The molecule has 0 saturated carbocycles. The highest BCUT2D eigenvalue weighted by atomic mass is 79.9. The molecule has 0 N–H and O–H groups in total. The van der Waals surface area contributed by atoms with Crippen LogP contribution in [0.2, 0.25) is 0 Å². The Balaban J connectivity index is 3.97. The summed E-state index contributed by atoms with van der Waals surface area (Å²) in [4.78, 5) is 10.9. The van der Waals surface area contributed by atoms with Crippen LogP contribution >= 0.6 is 15.9 Å². The molecule has 0 aromatic heterocycles. The smallest absolute Gasteiger partial charge is 0.172 e. The number of ketones is 1. The summed E-state index contributed by atoms with van der Waals surface area (Å²) in [6.45, 7) is 5.51. The summed E-state index contributed by atoms with van der Waals surface area (Å²) in [5.41, 5.74) is 0.528. The van der Waals surface area contributed by atoms with Crippen LogP contribution in [0.4, 0.5) is 0 Å². The quantitative estimate of drug-likeness (QED) is 0.400. The van der Waals surface area contributed by atoms with Crippen molar-refractivity contribution in [2.24, 2.45) is 0 Å². The number of hydrogen-bond acceptors (Lipinski definition) is 1. The van der Waals surface area contributed by atoms with E-state index in [2.05, 4.69) is 22.5 Å². The average Bonchev–Trinajstić information content (AvgIpc) is 2.03. The Morgan fingerprint density at radius 3 is 2.64 bits per heavy atom. The largest absolute Gasteiger partial charge is 0.293 e. The maximum absolute atomic E-state index is 10.9. The van der Waals surface area contributed by atoms with Crippen LogP contribution in [-0.4, -0.2) is 11.1 Å². The fourth-order valence-corrected chi connectivity index (χ4v) is 0.822. The molecule has 60 valence electrons. The summed E-state index contributed by atoms with van der Waals surface area (Å²) in [6, 6.07) is 0. The van der Waals surface area contributed by atoms with Crippen molar-refractivity contribution < 1.29 is 4.79 Å². The van der Waals surface area contributed by atoms with Crippen molar-refractivity contribution in [3.63, 3.8) is 0 Å². The second-order valence-electron chi connectivity index (χ2n) is 1.97. The van der Waals surface area contributed by atoms with Crippen molar-refractivity contribution in [3.05, 3.63) is 36.5 Å². The van der Waals surface area contributed by atoms with Gasteiger partial charge in [0.25, 0.3) is 0 Å². The third kappa shape index (κ3) is 4.73. The fourth-order valence-electron chi connectivity index (χ4n) is 0.462. The summed E-state index contributed by atoms with van der Waals surface area (Å²) in [5, 5.41) is 0.339. The van der Waals surface area contributed by atoms with E-state index < -0.39 is 0 Å². The Kier molecular flexibility index (Phi) is 5.75. The van der Waals surface area contributed by atoms with E-state index in [1.165, 1.54) is 0 Å². The zero-order chi connectivity index (χ0) is 8.69. The minimum Gasteiger partial charge on any atom is -0.293 e. The molecule has 0 amide bonds. The standard InChI is InChI=1S/C9H11BrO/c1-3-4-5-6-8(2)9(11)7-10/h3-6H,2,7H2,1H3/b4-3-,6-5-. The maximum Gasteiger partial charge on any atom is 0.172 e. The van der Waals surface area contributed by atoms with Crippen molar-refractivity contribution in [1.29, 1.82) is 0 Å². The van der Waals surface area contributed by atoms with Gasteiger partial charge in [0, 0.05) is 5.57 Å². The zero-order valence-corrected chi connectivity index (χ0v) is 8.10. The molecule has 0 fully saturated rings. The lowest BCUT2D eigenvalue weighted by Crippen LogP contribution is -1.98. The summed E-state index contributed by atoms with van der Waals surface area (Å²) < 4.78 is 0. The first-order chi connectivity index (χ1) is 5.22. The topological polar surface area (TPSA) is 17.1 Å². The number of Topliss-reactive ketones (excluding diaryl/α,β-unsaturated/α-hetero) is 1. The van der Waals surface area contributed by atoms with Crippen molar-refractivity contribution in [2.45, 2.75) is 6.92 Å². The van der Waals surface area contributed by atoms with Gasteiger partial charge in [0.1, 0.15) is 0 Å². The lowest BCUT2D eigenvalue weighted by Gasteiger charge is -1.90. The first-order valence-corrected chi connectivity index (χ1v) is 4.42. The van der Waals surface area contributed by atoms with Gasteiger partial charge in [-0.25, -0.2) is 0 Å². The molecule has 11 heavy (non-hydrogen) atoms. The molecule has 0 aromatic carbocycles. The fraction of sp³-hybridized carbons (Fsp3) is 0.222. The SMILES string of the molecule is C=C(/C=C\C=C/C)C(=O)CBr. The molecule has 0 rings (SSSR count). The van der Waals surface area contributed by atoms with Gasteiger partial charge in [0.2, 0.25) is 0 Å². The normalized spacial score (nSPS) is 11.1. The van der Waals surface area contributed by atoms with Gasteiger partial charge in [-0.1, -0.05) is 46.8 Å². The first-order valence-electron chi connectivity index (χ1n) is 3.29. The summed E-state index contributed by atoms with van der Waals surface area (Å²) in [5.74, 6) is 0.0192. The van der Waals surface area contributed by atoms with Gasteiger partial charge in [-0.15, -0.1) is 0 Å². The molecule has 0 aliphatic rings. The maximum atomic E-state index is 10.9. The second-order valence-corrected chi connectivity index (χ2v) is 2.53. The van der Waals surface area contributed by atoms with Crippen LogP contribution in [0.1, 0.15) is 6.92 Å². The molecule has 0 aliphatic carbocycles. The van der Waals surface area contributed by atoms with Crippen molar-refractivity contribution in [2.75, 3.05) is 5.33 Å². The molecule has 0 unspecified atom stereocenters. The summed E-state index contributed by atoms with van der Waals surface area (Å²) in [6.07, 6.45) is 7.24. The van der Waals surface area contributed by atoms with Crippen LogP contribution in [0.15, 0.2) is 36.5 Å². The summed E-state index contributed by atoms with van der Waals surface area (Å²) in [7, 11) is 0. The minimum atomic E-state index is 0.0192. The minimum absolute atomic E-state index is 0.0192. The van der Waals surface area contributed by atoms with E-state index >= 15 is 0 Å². The zero-order valence-electron chi connectivity index (χ0n) is 6.51. The van der Waals surface area contributed by atoms with Crippen molar-refractivity contribution in [1.82, 2.24) is 0 Å². The Morgan fingerprint density at radius 1 is 1.55 bits per heavy atom. The van der Waals surface area contributed by atoms with Crippen molar-refractivity contribution >= 4 is 21.7 Å². The number of carbonyl (C=O) groups excluding carboxylic acids is 1. The molecular weight excluding hydrogens is 204 g/mol. The van der Waals surface area contributed by atoms with Gasteiger partial charge in [0.05, 0.1) is 5.33 Å². The van der Waals surface area contributed by atoms with Gasteiger partial charge in [-0.2, -0.15) is 0 Å². The highest BCUT2D eigenvalue weighted by molar-refractivity contribution is 9.09. The average molecular weight is 215 g/mol. The number of carbonyl (C=O) groups is 1. The third-order valence-corrected chi connectivity index (χ3v) is 1.59. The monoisotopic (exact) mass is 214 g/mol. The van der Waals surface area contributed by atoms with E-state index in [1.807, 2.05) is 19.1 Å². The van der Waals surface area contributed by atoms with E-state index in [0.29, 0.717) is 10.9 Å². The molecule has 0 bridgehead atoms. The number of halogens is 1. The second kappa shape index (κ2) is 6.10. The first kappa shape index (κ1) is 10.4. The molecule has 0 atom stereocenters. The van der Waals surface area contributed by atoms with Gasteiger partial charge in [0.15, 0.2) is 5.78 Å². The lowest BCUT2D eigenvalue weighted by atomic mass is 10.2. The Hall–Kier alpha value is -0.630. The van der Waals surface area contributed by atoms with E-state index in [9.17, 15) is 4.79 Å². The number of rotatable bonds is 4. The third-order valence-electron chi connectivity index (χ3n) is 1.08. The van der Waals surface area contributed by atoms with E-state index in [4.69, 9.17) is 0 Å². The van der Waals surface area contributed by atoms with Crippen LogP contribution in [0.3, 0.4) is 0 Å². The predicted molar refractivity (Wildman–Crippen MR) is 51.9 cm³/mol. The lowest BCUT2D eigenvalue weighted by molar-refractivity contribution is -0.112. The van der Waals surface area contributed by atoms with Gasteiger partial charge in [-0.05, 0) is 6.92 Å². The highest BCUT2D eigenvalue weighted by Crippen LogP contribution is 1.98. The Morgan fingerprint density at radius 2 is 2.18 bits per heavy atom. The molecule has 0 radical (unpaired) electrons. The summed E-state index contributed by atoms with van der Waals surface area (Å²) >= 11 is 3.06. The van der Waals surface area contributed by atoms with Crippen LogP contribution in [-0.2, 0) is 4.79 Å². The number of alkyl halides is 1. The van der Waals surface area contributed by atoms with Gasteiger partial charge in [-0.3, -0.25) is 4.79 Å². The van der Waals surface area contributed by atoms with Crippen LogP contribution in [0, 0.1) is 0 Å². The number of hydrogen-bond donors (Lipinski definition) is 0. The molecule has 0 aromatic rings. The molecule has 0 heterocycles. The van der Waals surface area contributed by atoms with Gasteiger partial charge >= 0.3 is 0 Å². The Bertz CT molecular complexity index is 202. The predicted octanol–water partition coefficient (Wildman–Crippen LogP) is 2.64. The van der Waals surface area contributed by atoms with Crippen LogP contribution < -0.4 is 0 Å². The molecule has 0 spiro atoms. The van der Waals surface area contributed by atoms with Crippen LogP contribution in [0.25, 0.3) is 0 Å². The van der Waals surface area contributed by atoms with E-state index in [-0.39, 0.29) is 5.78 Å². The van der Waals surface area contributed by atoms with Crippen LogP contribution in [0.5, 0.6) is 0 Å². The van der Waals surface area contributed by atoms with E-state index in [1.54, 1.807) is 12.2 Å². The highest BCUT2D eigenvalue weighted by Gasteiger charge is 1.98. The van der Waals surface area contributed by atoms with Crippen molar-refractivity contribution in [3.8, 4) is 0 Å². The molecule has 0 aliphatic heterocycles. The molecular formula is C9H11BrO. The van der Waals surface area contributed by atoms with Gasteiger partial charge < -0.3 is 0 Å². The number of allylic oxidation sites excluding steroid dienone is 5. The molecule has 2 heteroatoms. The Labute approximate surface area is 75.6 Å². The molecule has 0 saturated heterocycles. The van der Waals surface area contributed by atoms with E-state index in [0.717, 1.165) is 0 Å².